The average Bonchev–Trinajstić information content (AvgIpc) is 2.72. The van der Waals surface area contributed by atoms with Gasteiger partial charge in [-0.15, -0.1) is 0 Å². The highest BCUT2D eigenvalue weighted by atomic mass is 16.2. The molecule has 1 aromatic rings. The van der Waals surface area contributed by atoms with Gasteiger partial charge in [-0.2, -0.15) is 0 Å². The summed E-state index contributed by atoms with van der Waals surface area (Å²) in [4.78, 5) is 32.7. The minimum absolute atomic E-state index is 0.175. The van der Waals surface area contributed by atoms with Gasteiger partial charge in [-0.05, 0) is 49.7 Å². The number of rotatable bonds is 2. The second-order valence-corrected chi connectivity index (χ2v) is 7.39. The molecular formula is C19H27N3O2. The van der Waals surface area contributed by atoms with Crippen LogP contribution in [0.25, 0.3) is 0 Å². The Bertz CT molecular complexity index is 621. The first-order valence-electron chi connectivity index (χ1n) is 8.91. The van der Waals surface area contributed by atoms with Crippen molar-refractivity contribution in [3.05, 3.63) is 29.6 Å². The van der Waals surface area contributed by atoms with E-state index >= 15 is 0 Å². The molecular weight excluding hydrogens is 302 g/mol. The van der Waals surface area contributed by atoms with Crippen molar-refractivity contribution in [3.8, 4) is 0 Å². The molecule has 1 aromatic heterocycles. The van der Waals surface area contributed by atoms with Crippen LogP contribution in [0.3, 0.4) is 0 Å². The van der Waals surface area contributed by atoms with Gasteiger partial charge in [0.05, 0.1) is 12.1 Å². The highest BCUT2D eigenvalue weighted by Gasteiger charge is 2.38. The maximum absolute atomic E-state index is 12.6. The summed E-state index contributed by atoms with van der Waals surface area (Å²) in [7, 11) is 1.90. The van der Waals surface area contributed by atoms with E-state index < -0.39 is 0 Å². The van der Waals surface area contributed by atoms with E-state index in [1.54, 1.807) is 6.20 Å². The predicted molar refractivity (Wildman–Crippen MR) is 92.4 cm³/mol. The molecule has 0 atom stereocenters. The zero-order valence-electron chi connectivity index (χ0n) is 14.8. The molecule has 3 rings (SSSR count). The first kappa shape index (κ1) is 16.9. The number of nitrogens with zero attached hydrogens (tertiary/aromatic N) is 3. The lowest BCUT2D eigenvalue weighted by Crippen LogP contribution is -2.44. The number of hydrogen-bond acceptors (Lipinski definition) is 3. The average molecular weight is 329 g/mol. The van der Waals surface area contributed by atoms with Crippen molar-refractivity contribution in [1.29, 1.82) is 0 Å². The summed E-state index contributed by atoms with van der Waals surface area (Å²) in [5.41, 5.74) is 2.20. The first-order chi connectivity index (χ1) is 11.5. The Kier molecular flexibility index (Phi) is 4.88. The number of carbonyl (C=O) groups excluding carboxylic acids is 2. The van der Waals surface area contributed by atoms with E-state index in [9.17, 15) is 9.59 Å². The van der Waals surface area contributed by atoms with Crippen molar-refractivity contribution in [1.82, 2.24) is 14.8 Å². The van der Waals surface area contributed by atoms with E-state index in [0.29, 0.717) is 12.8 Å². The van der Waals surface area contributed by atoms with Crippen LogP contribution in [0, 0.1) is 12.3 Å². The van der Waals surface area contributed by atoms with E-state index in [-0.39, 0.29) is 17.2 Å². The van der Waals surface area contributed by atoms with E-state index in [1.807, 2.05) is 35.9 Å². The van der Waals surface area contributed by atoms with Crippen molar-refractivity contribution in [3.63, 3.8) is 0 Å². The molecule has 0 aromatic carbocycles. The van der Waals surface area contributed by atoms with Crippen LogP contribution in [-0.4, -0.2) is 53.3 Å². The van der Waals surface area contributed by atoms with Gasteiger partial charge in [0.25, 0.3) is 0 Å². The van der Waals surface area contributed by atoms with Crippen LogP contribution >= 0.6 is 0 Å². The molecule has 0 radical (unpaired) electrons. The number of aromatic nitrogens is 1. The summed E-state index contributed by atoms with van der Waals surface area (Å²) in [6, 6.07) is 3.90. The summed E-state index contributed by atoms with van der Waals surface area (Å²) in [5, 5.41) is 0. The molecule has 3 heterocycles. The third-order valence-corrected chi connectivity index (χ3v) is 5.89. The van der Waals surface area contributed by atoms with Crippen LogP contribution in [0.1, 0.15) is 43.4 Å². The van der Waals surface area contributed by atoms with Gasteiger partial charge in [0.1, 0.15) is 0 Å². The Balaban J connectivity index is 1.57. The van der Waals surface area contributed by atoms with Gasteiger partial charge in [0.2, 0.25) is 11.8 Å². The summed E-state index contributed by atoms with van der Waals surface area (Å²) in [6.45, 7) is 4.46. The molecule has 0 bridgehead atoms. The van der Waals surface area contributed by atoms with Crippen molar-refractivity contribution in [2.24, 2.45) is 5.41 Å². The lowest BCUT2D eigenvalue weighted by atomic mass is 9.73. The summed E-state index contributed by atoms with van der Waals surface area (Å²) >= 11 is 0. The third kappa shape index (κ3) is 3.60. The Hall–Kier alpha value is -1.91. The van der Waals surface area contributed by atoms with Crippen LogP contribution < -0.4 is 0 Å². The first-order valence-corrected chi connectivity index (χ1v) is 8.91. The predicted octanol–water partition coefficient (Wildman–Crippen LogP) is 2.18. The Labute approximate surface area is 144 Å². The van der Waals surface area contributed by atoms with Crippen molar-refractivity contribution in [2.45, 2.75) is 45.4 Å². The standard InChI is InChI=1S/C19H27N3O2/c1-15-4-3-10-20-16(15)14-18(24)22-12-8-19(9-13-22)6-5-17(23)21(2)11-7-19/h3-4,10H,5-9,11-14H2,1-2H3. The summed E-state index contributed by atoms with van der Waals surface area (Å²) in [6.07, 6.45) is 6.86. The molecule has 2 aliphatic rings. The van der Waals surface area contributed by atoms with Crippen LogP contribution in [0.4, 0.5) is 0 Å². The number of likely N-dealkylation sites (tertiary alicyclic amines) is 2. The quantitative estimate of drug-likeness (QED) is 0.836. The fourth-order valence-electron chi connectivity index (χ4n) is 3.91. The van der Waals surface area contributed by atoms with Crippen LogP contribution in [0.15, 0.2) is 18.3 Å². The molecule has 0 N–H and O–H groups in total. The van der Waals surface area contributed by atoms with Gasteiger partial charge in [0, 0.05) is 39.3 Å². The fourth-order valence-corrected chi connectivity index (χ4v) is 3.91. The Morgan fingerprint density at radius 3 is 2.62 bits per heavy atom. The molecule has 5 nitrogen and oxygen atoms in total. The van der Waals surface area contributed by atoms with Gasteiger partial charge in [-0.3, -0.25) is 14.6 Å². The molecule has 0 unspecified atom stereocenters. The highest BCUT2D eigenvalue weighted by molar-refractivity contribution is 5.79. The minimum atomic E-state index is 0.175. The molecule has 2 saturated heterocycles. The molecule has 24 heavy (non-hydrogen) atoms. The fraction of sp³-hybridized carbons (Fsp3) is 0.632. The maximum atomic E-state index is 12.6. The smallest absolute Gasteiger partial charge is 0.228 e. The Morgan fingerprint density at radius 2 is 1.92 bits per heavy atom. The SMILES string of the molecule is Cc1cccnc1CC(=O)N1CCC2(CCC(=O)N(C)CC2)CC1. The van der Waals surface area contributed by atoms with Gasteiger partial charge >= 0.3 is 0 Å². The zero-order chi connectivity index (χ0) is 17.2. The number of hydrogen-bond donors (Lipinski definition) is 0. The molecule has 130 valence electrons. The van der Waals surface area contributed by atoms with Gasteiger partial charge in [-0.1, -0.05) is 6.07 Å². The number of amides is 2. The molecule has 1 spiro atoms. The van der Waals surface area contributed by atoms with Crippen molar-refractivity contribution in [2.75, 3.05) is 26.7 Å². The normalized spacial score (nSPS) is 21.0. The number of carbonyl (C=O) groups is 2. The van der Waals surface area contributed by atoms with Crippen molar-refractivity contribution < 1.29 is 9.59 Å². The lowest BCUT2D eigenvalue weighted by Gasteiger charge is -2.41. The Morgan fingerprint density at radius 1 is 1.21 bits per heavy atom. The second kappa shape index (κ2) is 6.91. The molecule has 0 aliphatic carbocycles. The highest BCUT2D eigenvalue weighted by Crippen LogP contribution is 2.41. The second-order valence-electron chi connectivity index (χ2n) is 7.39. The molecule has 5 heteroatoms. The van der Waals surface area contributed by atoms with Crippen LogP contribution in [0.5, 0.6) is 0 Å². The van der Waals surface area contributed by atoms with Crippen LogP contribution in [-0.2, 0) is 16.0 Å². The van der Waals surface area contributed by atoms with Crippen molar-refractivity contribution >= 4 is 11.8 Å². The van der Waals surface area contributed by atoms with E-state index in [1.165, 1.54) is 0 Å². The monoisotopic (exact) mass is 329 g/mol. The van der Waals surface area contributed by atoms with E-state index in [2.05, 4.69) is 4.98 Å². The largest absolute Gasteiger partial charge is 0.346 e. The minimum Gasteiger partial charge on any atom is -0.346 e. The molecule has 0 saturated carbocycles. The summed E-state index contributed by atoms with van der Waals surface area (Å²) < 4.78 is 0. The lowest BCUT2D eigenvalue weighted by molar-refractivity contribution is -0.133. The van der Waals surface area contributed by atoms with E-state index in [4.69, 9.17) is 0 Å². The van der Waals surface area contributed by atoms with Gasteiger partial charge in [-0.25, -0.2) is 0 Å². The number of aryl methyl sites for hydroxylation is 1. The number of pyridine rings is 1. The van der Waals surface area contributed by atoms with Crippen LogP contribution in [0.2, 0.25) is 0 Å². The zero-order valence-corrected chi connectivity index (χ0v) is 14.8. The molecule has 2 fully saturated rings. The van der Waals surface area contributed by atoms with Gasteiger partial charge in [0.15, 0.2) is 0 Å². The maximum Gasteiger partial charge on any atom is 0.228 e. The summed E-state index contributed by atoms with van der Waals surface area (Å²) in [5.74, 6) is 0.435. The molecule has 2 aliphatic heterocycles. The van der Waals surface area contributed by atoms with E-state index in [0.717, 1.165) is 56.6 Å². The van der Waals surface area contributed by atoms with Gasteiger partial charge < -0.3 is 9.80 Å². The third-order valence-electron chi connectivity index (χ3n) is 5.89. The number of piperidine rings is 1. The molecule has 2 amide bonds. The topological polar surface area (TPSA) is 53.5 Å².